The van der Waals surface area contributed by atoms with Crippen molar-refractivity contribution in [2.75, 3.05) is 13.1 Å². The van der Waals surface area contributed by atoms with Crippen LogP contribution in [0.3, 0.4) is 0 Å². The summed E-state index contributed by atoms with van der Waals surface area (Å²) in [5.74, 6) is 1.42. The molecule has 4 rings (SSSR count). The zero-order valence-corrected chi connectivity index (χ0v) is 19.7. The van der Waals surface area contributed by atoms with Crippen molar-refractivity contribution in [2.24, 2.45) is 5.92 Å². The molecule has 1 aliphatic heterocycles. The summed E-state index contributed by atoms with van der Waals surface area (Å²) in [6.07, 6.45) is 2.01. The fraction of sp³-hybridized carbons (Fsp3) is 0.379. The van der Waals surface area contributed by atoms with Crippen LogP contribution in [0.2, 0.25) is 0 Å². The minimum absolute atomic E-state index is 0.0280. The third-order valence-corrected chi connectivity index (χ3v) is 6.64. The van der Waals surface area contributed by atoms with Gasteiger partial charge in [-0.05, 0) is 49.6 Å². The average molecular weight is 446 g/mol. The first kappa shape index (κ1) is 23.3. The molecule has 0 bridgehead atoms. The molecule has 3 atom stereocenters. The van der Waals surface area contributed by atoms with Gasteiger partial charge in [-0.1, -0.05) is 79.2 Å². The highest BCUT2D eigenvalue weighted by Crippen LogP contribution is 2.36. The summed E-state index contributed by atoms with van der Waals surface area (Å²) in [6, 6.07) is 26.4. The summed E-state index contributed by atoms with van der Waals surface area (Å²) >= 11 is 0. The average Bonchev–Trinajstić information content (AvgIpc) is 2.84. The Morgan fingerprint density at radius 3 is 2.36 bits per heavy atom. The van der Waals surface area contributed by atoms with E-state index >= 15 is 0 Å². The predicted molar refractivity (Wildman–Crippen MR) is 133 cm³/mol. The van der Waals surface area contributed by atoms with Crippen LogP contribution < -0.4 is 14.8 Å². The maximum Gasteiger partial charge on any atom is 0.161 e. The van der Waals surface area contributed by atoms with Crippen LogP contribution in [0.4, 0.5) is 0 Å². The quantitative estimate of drug-likeness (QED) is 0.468. The number of nitrogens with one attached hydrogen (secondary N) is 1. The van der Waals surface area contributed by atoms with Gasteiger partial charge in [-0.3, -0.25) is 0 Å². The van der Waals surface area contributed by atoms with Crippen molar-refractivity contribution in [3.8, 4) is 11.5 Å². The van der Waals surface area contributed by atoms with Crippen molar-refractivity contribution < 1.29 is 14.6 Å². The van der Waals surface area contributed by atoms with Crippen LogP contribution in [0.15, 0.2) is 78.9 Å². The highest BCUT2D eigenvalue weighted by Gasteiger charge is 2.44. The van der Waals surface area contributed by atoms with Crippen LogP contribution in [0.1, 0.15) is 36.5 Å². The normalized spacial score (nSPS) is 21.4. The predicted octanol–water partition coefficient (Wildman–Crippen LogP) is 5.31. The van der Waals surface area contributed by atoms with Gasteiger partial charge in [0.1, 0.15) is 12.7 Å². The largest absolute Gasteiger partial charge is 0.486 e. The number of aryl methyl sites for hydroxylation is 1. The highest BCUT2D eigenvalue weighted by atomic mass is 16.5. The molecule has 3 aromatic rings. The van der Waals surface area contributed by atoms with Crippen molar-refractivity contribution in [2.45, 2.75) is 51.4 Å². The topological polar surface area (TPSA) is 50.7 Å². The number of hydrogen-bond acceptors (Lipinski definition) is 4. The van der Waals surface area contributed by atoms with E-state index in [1.54, 1.807) is 0 Å². The summed E-state index contributed by atoms with van der Waals surface area (Å²) in [5, 5.41) is 15.3. The molecule has 1 heterocycles. The Hall–Kier alpha value is -2.82. The Morgan fingerprint density at radius 2 is 1.64 bits per heavy atom. The van der Waals surface area contributed by atoms with Gasteiger partial charge in [-0.2, -0.15) is 0 Å². The number of rotatable bonds is 9. The van der Waals surface area contributed by atoms with E-state index in [9.17, 15) is 5.11 Å². The lowest BCUT2D eigenvalue weighted by molar-refractivity contribution is -0.0825. The summed E-state index contributed by atoms with van der Waals surface area (Å²) < 4.78 is 12.7. The van der Waals surface area contributed by atoms with Gasteiger partial charge in [-0.25, -0.2) is 0 Å². The van der Waals surface area contributed by atoms with Gasteiger partial charge >= 0.3 is 0 Å². The number of hydrogen-bond donors (Lipinski definition) is 2. The maximum atomic E-state index is 11.8. The third-order valence-electron chi connectivity index (χ3n) is 6.64. The molecule has 0 radical (unpaired) electrons. The highest BCUT2D eigenvalue weighted by molar-refractivity contribution is 5.40. The van der Waals surface area contributed by atoms with Crippen molar-refractivity contribution >= 4 is 0 Å². The molecule has 3 aromatic carbocycles. The van der Waals surface area contributed by atoms with Gasteiger partial charge in [0.2, 0.25) is 0 Å². The number of benzene rings is 3. The lowest BCUT2D eigenvalue weighted by Gasteiger charge is -2.44. The van der Waals surface area contributed by atoms with E-state index in [0.717, 1.165) is 42.1 Å². The van der Waals surface area contributed by atoms with E-state index in [-0.39, 0.29) is 12.0 Å². The smallest absolute Gasteiger partial charge is 0.161 e. The first-order valence-corrected chi connectivity index (χ1v) is 12.0. The molecular weight excluding hydrogens is 410 g/mol. The molecule has 0 aliphatic carbocycles. The molecule has 1 saturated heterocycles. The fourth-order valence-electron chi connectivity index (χ4n) is 4.71. The summed E-state index contributed by atoms with van der Waals surface area (Å²) in [4.78, 5) is 0. The lowest BCUT2D eigenvalue weighted by Crippen LogP contribution is -2.57. The van der Waals surface area contributed by atoms with Gasteiger partial charge < -0.3 is 19.9 Å². The molecular formula is C29H35NO3. The van der Waals surface area contributed by atoms with E-state index < -0.39 is 5.60 Å². The Balaban J connectivity index is 1.50. The van der Waals surface area contributed by atoms with Gasteiger partial charge in [0.15, 0.2) is 11.5 Å². The second-order valence-corrected chi connectivity index (χ2v) is 9.11. The number of ether oxygens (including phenoxy) is 2. The van der Waals surface area contributed by atoms with E-state index in [1.165, 1.54) is 5.56 Å². The van der Waals surface area contributed by atoms with E-state index in [0.29, 0.717) is 19.4 Å². The molecule has 0 aromatic heterocycles. The monoisotopic (exact) mass is 445 g/mol. The van der Waals surface area contributed by atoms with Gasteiger partial charge in [-0.15, -0.1) is 0 Å². The Labute approximate surface area is 197 Å². The van der Waals surface area contributed by atoms with E-state index in [1.807, 2.05) is 42.5 Å². The molecule has 4 heteroatoms. The number of piperidine rings is 1. The summed E-state index contributed by atoms with van der Waals surface area (Å²) in [7, 11) is 0. The van der Waals surface area contributed by atoms with Crippen molar-refractivity contribution in [1.82, 2.24) is 5.32 Å². The Bertz CT molecular complexity index is 1000. The minimum Gasteiger partial charge on any atom is -0.486 e. The third kappa shape index (κ3) is 5.95. The molecule has 4 nitrogen and oxygen atoms in total. The van der Waals surface area contributed by atoms with Crippen LogP contribution in [0, 0.1) is 12.8 Å². The molecule has 0 saturated carbocycles. The number of aliphatic hydroxyl groups is 1. The fourth-order valence-corrected chi connectivity index (χ4v) is 4.71. The number of para-hydroxylation sites is 2. The van der Waals surface area contributed by atoms with Crippen LogP contribution in [0.25, 0.3) is 0 Å². The molecule has 1 aliphatic rings. The van der Waals surface area contributed by atoms with Crippen LogP contribution in [-0.4, -0.2) is 29.9 Å². The Kier molecular flexibility index (Phi) is 7.69. The summed E-state index contributed by atoms with van der Waals surface area (Å²) in [6.45, 7) is 6.24. The zero-order chi connectivity index (χ0) is 23.1. The zero-order valence-electron chi connectivity index (χ0n) is 19.7. The lowest BCUT2D eigenvalue weighted by atomic mass is 9.74. The standard InChI is InChI=1S/C29H35NO3/c1-3-26(25-20-30-18-17-29(25,31)19-23-15-13-22(2)14-16-23)33-28-12-8-7-11-27(28)32-21-24-9-5-4-6-10-24/h4-16,25-26,30-31H,3,17-21H2,1-2H3. The first-order chi connectivity index (χ1) is 16.1. The van der Waals surface area contributed by atoms with Crippen LogP contribution in [-0.2, 0) is 13.0 Å². The second kappa shape index (κ2) is 10.9. The second-order valence-electron chi connectivity index (χ2n) is 9.11. The van der Waals surface area contributed by atoms with Crippen LogP contribution in [0.5, 0.6) is 11.5 Å². The first-order valence-electron chi connectivity index (χ1n) is 12.0. The SMILES string of the molecule is CCC(Oc1ccccc1OCc1ccccc1)C1CNCCC1(O)Cc1ccc(C)cc1. The molecule has 2 N–H and O–H groups in total. The van der Waals surface area contributed by atoms with Gasteiger partial charge in [0.05, 0.1) is 5.60 Å². The summed E-state index contributed by atoms with van der Waals surface area (Å²) in [5.41, 5.74) is 2.69. The van der Waals surface area contributed by atoms with Crippen molar-refractivity contribution in [3.63, 3.8) is 0 Å². The van der Waals surface area contributed by atoms with E-state index in [2.05, 4.69) is 55.6 Å². The molecule has 174 valence electrons. The molecule has 33 heavy (non-hydrogen) atoms. The minimum atomic E-state index is -0.818. The van der Waals surface area contributed by atoms with Gasteiger partial charge in [0.25, 0.3) is 0 Å². The van der Waals surface area contributed by atoms with Crippen molar-refractivity contribution in [3.05, 3.63) is 95.6 Å². The molecule has 3 unspecified atom stereocenters. The van der Waals surface area contributed by atoms with Crippen molar-refractivity contribution in [1.29, 1.82) is 0 Å². The van der Waals surface area contributed by atoms with E-state index in [4.69, 9.17) is 9.47 Å². The maximum absolute atomic E-state index is 11.8. The molecule has 0 spiro atoms. The molecule has 0 amide bonds. The Morgan fingerprint density at radius 1 is 0.939 bits per heavy atom. The van der Waals surface area contributed by atoms with Crippen LogP contribution >= 0.6 is 0 Å². The molecule has 1 fully saturated rings. The van der Waals surface area contributed by atoms with Gasteiger partial charge in [0, 0.05) is 18.9 Å².